The van der Waals surface area contributed by atoms with Crippen molar-refractivity contribution in [3.63, 3.8) is 0 Å². The predicted octanol–water partition coefficient (Wildman–Crippen LogP) is 2.64. The summed E-state index contributed by atoms with van der Waals surface area (Å²) < 4.78 is 2.17. The molecule has 0 aliphatic heterocycles. The summed E-state index contributed by atoms with van der Waals surface area (Å²) in [7, 11) is 3.76. The van der Waals surface area contributed by atoms with E-state index in [-0.39, 0.29) is 5.95 Å². The molecule has 2 aromatic rings. The minimum Gasteiger partial charge on any atom is -0.368 e. The number of nitrogens with zero attached hydrogens (tertiary/aromatic N) is 7. The van der Waals surface area contributed by atoms with Crippen LogP contribution in [0.2, 0.25) is 0 Å². The van der Waals surface area contributed by atoms with Crippen molar-refractivity contribution in [3.8, 4) is 0 Å². The first-order chi connectivity index (χ1) is 12.6. The van der Waals surface area contributed by atoms with Crippen LogP contribution in [-0.2, 0) is 12.3 Å². The molecule has 0 aromatic carbocycles. The summed E-state index contributed by atoms with van der Waals surface area (Å²) in [5.74, 6) is 3.57. The molecule has 140 valence electrons. The topological polar surface area (TPSA) is 98.6 Å². The molecule has 2 N–H and O–H groups in total. The van der Waals surface area contributed by atoms with Crippen LogP contribution in [0.5, 0.6) is 0 Å². The van der Waals surface area contributed by atoms with E-state index in [9.17, 15) is 0 Å². The lowest BCUT2D eigenvalue weighted by Gasteiger charge is -2.21. The third kappa shape index (κ3) is 4.32. The Morgan fingerprint density at radius 3 is 2.65 bits per heavy atom. The van der Waals surface area contributed by atoms with Crippen molar-refractivity contribution in [2.24, 2.45) is 0 Å². The Balaban J connectivity index is 1.77. The average Bonchev–Trinajstić information content (AvgIpc) is 3.03. The molecule has 2 heterocycles. The summed E-state index contributed by atoms with van der Waals surface area (Å²) in [6.45, 7) is 4.59. The maximum Gasteiger partial charge on any atom is 0.229 e. The molecule has 26 heavy (non-hydrogen) atoms. The van der Waals surface area contributed by atoms with Gasteiger partial charge in [-0.15, -0.1) is 16.8 Å². The van der Waals surface area contributed by atoms with E-state index >= 15 is 0 Å². The predicted molar refractivity (Wildman–Crippen MR) is 104 cm³/mol. The molecular formula is C17H26N8S. The summed E-state index contributed by atoms with van der Waals surface area (Å²) in [6, 6.07) is 0. The highest BCUT2D eigenvalue weighted by atomic mass is 32.2. The SMILES string of the molecule is C=CCn1c(SCc2nc(N)nc(N(C)C)n2)nnc1C1CCCCC1. The van der Waals surface area contributed by atoms with Crippen LogP contribution in [0.3, 0.4) is 0 Å². The monoisotopic (exact) mass is 374 g/mol. The number of anilines is 2. The molecule has 3 rings (SSSR count). The first kappa shape index (κ1) is 18.6. The first-order valence-corrected chi connectivity index (χ1v) is 9.91. The number of nitrogens with two attached hydrogens (primary N) is 1. The van der Waals surface area contributed by atoms with Crippen LogP contribution in [0.25, 0.3) is 0 Å². The van der Waals surface area contributed by atoms with Gasteiger partial charge < -0.3 is 15.2 Å². The summed E-state index contributed by atoms with van der Waals surface area (Å²) in [4.78, 5) is 14.6. The Morgan fingerprint density at radius 1 is 1.19 bits per heavy atom. The van der Waals surface area contributed by atoms with Crippen molar-refractivity contribution in [1.82, 2.24) is 29.7 Å². The lowest BCUT2D eigenvalue weighted by molar-refractivity contribution is 0.415. The molecule has 2 aromatic heterocycles. The second-order valence-electron chi connectivity index (χ2n) is 6.67. The van der Waals surface area contributed by atoms with Crippen molar-refractivity contribution < 1.29 is 0 Å². The fourth-order valence-electron chi connectivity index (χ4n) is 3.19. The van der Waals surface area contributed by atoms with E-state index in [0.717, 1.165) is 11.0 Å². The molecule has 1 aliphatic carbocycles. The molecule has 0 amide bonds. The molecule has 0 atom stereocenters. The highest BCUT2D eigenvalue weighted by Gasteiger charge is 2.23. The van der Waals surface area contributed by atoms with Crippen LogP contribution in [0.1, 0.15) is 49.7 Å². The van der Waals surface area contributed by atoms with Gasteiger partial charge in [0.1, 0.15) is 11.6 Å². The van der Waals surface area contributed by atoms with Crippen LogP contribution >= 0.6 is 11.8 Å². The van der Waals surface area contributed by atoms with Gasteiger partial charge in [-0.05, 0) is 12.8 Å². The van der Waals surface area contributed by atoms with Crippen LogP contribution in [-0.4, -0.2) is 43.8 Å². The summed E-state index contributed by atoms with van der Waals surface area (Å²) in [5, 5.41) is 9.78. The molecule has 0 bridgehead atoms. The van der Waals surface area contributed by atoms with Gasteiger partial charge in [0.05, 0.1) is 5.75 Å². The van der Waals surface area contributed by atoms with Gasteiger partial charge in [0, 0.05) is 26.6 Å². The van der Waals surface area contributed by atoms with Gasteiger partial charge in [0.25, 0.3) is 0 Å². The van der Waals surface area contributed by atoms with Gasteiger partial charge in [0.2, 0.25) is 11.9 Å². The third-order valence-electron chi connectivity index (χ3n) is 4.45. The fraction of sp³-hybridized carbons (Fsp3) is 0.588. The largest absolute Gasteiger partial charge is 0.368 e. The molecule has 8 nitrogen and oxygen atoms in total. The number of hydrogen-bond donors (Lipinski definition) is 1. The van der Waals surface area contributed by atoms with Crippen LogP contribution < -0.4 is 10.6 Å². The van der Waals surface area contributed by atoms with Gasteiger partial charge in [-0.3, -0.25) is 0 Å². The highest BCUT2D eigenvalue weighted by molar-refractivity contribution is 7.98. The lowest BCUT2D eigenvalue weighted by atomic mass is 9.89. The minimum absolute atomic E-state index is 0.231. The Hall–Kier alpha value is -2.16. The van der Waals surface area contributed by atoms with Crippen molar-refractivity contribution >= 4 is 23.7 Å². The maximum absolute atomic E-state index is 5.80. The van der Waals surface area contributed by atoms with Crippen molar-refractivity contribution in [1.29, 1.82) is 0 Å². The van der Waals surface area contributed by atoms with Gasteiger partial charge in [-0.25, -0.2) is 0 Å². The van der Waals surface area contributed by atoms with E-state index in [4.69, 9.17) is 5.73 Å². The van der Waals surface area contributed by atoms with Gasteiger partial charge in [-0.2, -0.15) is 15.0 Å². The number of aromatic nitrogens is 6. The van der Waals surface area contributed by atoms with Gasteiger partial charge in [0.15, 0.2) is 5.16 Å². The van der Waals surface area contributed by atoms with Crippen LogP contribution in [0.15, 0.2) is 17.8 Å². The smallest absolute Gasteiger partial charge is 0.229 e. The summed E-state index contributed by atoms with van der Waals surface area (Å²) >= 11 is 1.57. The first-order valence-electron chi connectivity index (χ1n) is 8.93. The molecule has 1 aliphatic rings. The van der Waals surface area contributed by atoms with Crippen molar-refractivity contribution in [2.45, 2.75) is 55.5 Å². The highest BCUT2D eigenvalue weighted by Crippen LogP contribution is 2.33. The van der Waals surface area contributed by atoms with Gasteiger partial charge >= 0.3 is 0 Å². The number of nitrogen functional groups attached to an aromatic ring is 1. The van der Waals surface area contributed by atoms with Crippen LogP contribution in [0, 0.1) is 0 Å². The van der Waals surface area contributed by atoms with E-state index in [1.165, 1.54) is 32.1 Å². The third-order valence-corrected chi connectivity index (χ3v) is 5.41. The number of thioether (sulfide) groups is 1. The second-order valence-corrected chi connectivity index (χ2v) is 7.61. The minimum atomic E-state index is 0.231. The Kier molecular flexibility index (Phi) is 6.08. The Labute approximate surface area is 158 Å². The molecule has 1 saturated carbocycles. The number of allylic oxidation sites excluding steroid dienone is 1. The molecule has 0 spiro atoms. The van der Waals surface area contributed by atoms with Crippen molar-refractivity contribution in [3.05, 3.63) is 24.3 Å². The number of rotatable bonds is 7. The van der Waals surface area contributed by atoms with E-state index < -0.39 is 0 Å². The lowest BCUT2D eigenvalue weighted by Crippen LogP contribution is -2.16. The fourth-order valence-corrected chi connectivity index (χ4v) is 4.00. The second kappa shape index (κ2) is 8.48. The average molecular weight is 375 g/mol. The summed E-state index contributed by atoms with van der Waals surface area (Å²) in [6.07, 6.45) is 8.14. The molecule has 0 saturated heterocycles. The van der Waals surface area contributed by atoms with E-state index in [1.807, 2.05) is 25.1 Å². The van der Waals surface area contributed by atoms with Crippen molar-refractivity contribution in [2.75, 3.05) is 24.7 Å². The maximum atomic E-state index is 5.80. The summed E-state index contributed by atoms with van der Waals surface area (Å²) in [5.41, 5.74) is 5.80. The van der Waals surface area contributed by atoms with Gasteiger partial charge in [-0.1, -0.05) is 37.1 Å². The van der Waals surface area contributed by atoms with E-state index in [1.54, 1.807) is 11.8 Å². The zero-order valence-corrected chi connectivity index (χ0v) is 16.2. The Bertz CT molecular complexity index is 751. The quantitative estimate of drug-likeness (QED) is 0.583. The molecular weight excluding hydrogens is 348 g/mol. The zero-order valence-electron chi connectivity index (χ0n) is 15.4. The van der Waals surface area contributed by atoms with Crippen LogP contribution in [0.4, 0.5) is 11.9 Å². The molecule has 9 heteroatoms. The number of hydrogen-bond acceptors (Lipinski definition) is 8. The standard InChI is InChI=1S/C17H26N8S/c1-4-10-25-14(12-8-6-5-7-9-12)22-23-17(25)26-11-13-19-15(18)21-16(20-13)24(2)3/h4,12H,1,5-11H2,2-3H3,(H2,18,19,20,21). The molecule has 0 radical (unpaired) electrons. The van der Waals surface area contributed by atoms with E-state index in [0.29, 0.717) is 30.0 Å². The van der Waals surface area contributed by atoms with E-state index in [2.05, 4.69) is 36.3 Å². The normalized spacial score (nSPS) is 15.2. The zero-order chi connectivity index (χ0) is 18.5. The molecule has 1 fully saturated rings. The Morgan fingerprint density at radius 2 is 1.96 bits per heavy atom. The molecule has 0 unspecified atom stereocenters.